The first-order valence-corrected chi connectivity index (χ1v) is 8.76. The Morgan fingerprint density at radius 2 is 1.61 bits per heavy atom. The number of amides is 2. The molecule has 0 aliphatic carbocycles. The van der Waals surface area contributed by atoms with Crippen LogP contribution in [0.3, 0.4) is 0 Å². The summed E-state index contributed by atoms with van der Waals surface area (Å²) in [6.07, 6.45) is 2.93. The van der Waals surface area contributed by atoms with Gasteiger partial charge in [0.05, 0.1) is 5.56 Å². The first-order valence-electron chi connectivity index (χ1n) is 8.76. The van der Waals surface area contributed by atoms with E-state index in [1.165, 1.54) is 19.3 Å². The third kappa shape index (κ3) is 4.91. The highest BCUT2D eigenvalue weighted by Crippen LogP contribution is 2.19. The van der Waals surface area contributed by atoms with Gasteiger partial charge in [-0.15, -0.1) is 0 Å². The number of aromatic nitrogens is 2. The van der Waals surface area contributed by atoms with Crippen molar-refractivity contribution in [2.45, 2.75) is 20.8 Å². The molecule has 3 rings (SSSR count). The summed E-state index contributed by atoms with van der Waals surface area (Å²) in [6.45, 7) is 5.36. The van der Waals surface area contributed by atoms with Gasteiger partial charge in [0.15, 0.2) is 0 Å². The van der Waals surface area contributed by atoms with E-state index in [-0.39, 0.29) is 11.8 Å². The molecule has 0 unspecified atom stereocenters. The maximum atomic E-state index is 12.4. The Balaban J connectivity index is 1.68. The first kappa shape index (κ1) is 19.0. The molecule has 142 valence electrons. The highest BCUT2D eigenvalue weighted by atomic mass is 16.2. The zero-order chi connectivity index (χ0) is 20.1. The lowest BCUT2D eigenvalue weighted by molar-refractivity contribution is -0.114. The largest absolute Gasteiger partial charge is 0.326 e. The normalized spacial score (nSPS) is 10.2. The average molecular weight is 375 g/mol. The number of anilines is 4. The van der Waals surface area contributed by atoms with Gasteiger partial charge < -0.3 is 16.0 Å². The second kappa shape index (κ2) is 8.30. The van der Waals surface area contributed by atoms with E-state index in [9.17, 15) is 9.59 Å². The van der Waals surface area contributed by atoms with Gasteiger partial charge in [0.1, 0.15) is 0 Å². The molecule has 0 saturated carbocycles. The maximum Gasteiger partial charge on any atom is 0.258 e. The van der Waals surface area contributed by atoms with Crippen molar-refractivity contribution in [3.05, 3.63) is 71.5 Å². The minimum Gasteiger partial charge on any atom is -0.326 e. The van der Waals surface area contributed by atoms with Crippen LogP contribution in [0, 0.1) is 13.8 Å². The van der Waals surface area contributed by atoms with Crippen LogP contribution < -0.4 is 16.0 Å². The van der Waals surface area contributed by atoms with E-state index in [1.807, 2.05) is 38.1 Å². The number of hydrogen-bond donors (Lipinski definition) is 3. The summed E-state index contributed by atoms with van der Waals surface area (Å²) in [5.41, 5.74) is 4.57. The fourth-order valence-electron chi connectivity index (χ4n) is 2.58. The maximum absolute atomic E-state index is 12.4. The van der Waals surface area contributed by atoms with Gasteiger partial charge in [-0.2, -0.15) is 0 Å². The molecule has 2 aromatic carbocycles. The van der Waals surface area contributed by atoms with Gasteiger partial charge in [-0.1, -0.05) is 18.2 Å². The molecule has 3 aromatic rings. The molecule has 0 fully saturated rings. The Labute approximate surface area is 163 Å². The summed E-state index contributed by atoms with van der Waals surface area (Å²) < 4.78 is 0. The molecule has 0 radical (unpaired) electrons. The van der Waals surface area contributed by atoms with E-state index in [4.69, 9.17) is 0 Å². The monoisotopic (exact) mass is 375 g/mol. The van der Waals surface area contributed by atoms with Gasteiger partial charge in [-0.25, -0.2) is 9.97 Å². The van der Waals surface area contributed by atoms with Gasteiger partial charge in [-0.3, -0.25) is 9.59 Å². The molecule has 0 saturated heterocycles. The van der Waals surface area contributed by atoms with Gasteiger partial charge in [0.25, 0.3) is 5.91 Å². The van der Waals surface area contributed by atoms with E-state index >= 15 is 0 Å². The third-order valence-corrected chi connectivity index (χ3v) is 3.99. The van der Waals surface area contributed by atoms with Crippen molar-refractivity contribution in [1.82, 2.24) is 9.97 Å². The van der Waals surface area contributed by atoms with Gasteiger partial charge >= 0.3 is 0 Å². The van der Waals surface area contributed by atoms with E-state index in [0.717, 1.165) is 22.5 Å². The fourth-order valence-corrected chi connectivity index (χ4v) is 2.58. The van der Waals surface area contributed by atoms with Crippen molar-refractivity contribution in [3.63, 3.8) is 0 Å². The minimum absolute atomic E-state index is 0.146. The Hall–Kier alpha value is -3.74. The Morgan fingerprint density at radius 3 is 2.32 bits per heavy atom. The lowest BCUT2D eigenvalue weighted by atomic mass is 10.1. The van der Waals surface area contributed by atoms with Gasteiger partial charge in [0.2, 0.25) is 11.9 Å². The zero-order valence-corrected chi connectivity index (χ0v) is 15.9. The van der Waals surface area contributed by atoms with E-state index in [1.54, 1.807) is 18.2 Å². The van der Waals surface area contributed by atoms with Crippen LogP contribution in [0.1, 0.15) is 28.4 Å². The van der Waals surface area contributed by atoms with Crippen LogP contribution in [0.4, 0.5) is 23.0 Å². The number of nitrogens with zero attached hydrogens (tertiary/aromatic N) is 2. The lowest BCUT2D eigenvalue weighted by Gasteiger charge is -2.10. The van der Waals surface area contributed by atoms with Crippen molar-refractivity contribution in [2.24, 2.45) is 0 Å². The molecule has 3 N–H and O–H groups in total. The summed E-state index contributed by atoms with van der Waals surface area (Å²) in [4.78, 5) is 32.0. The summed E-state index contributed by atoms with van der Waals surface area (Å²) in [6, 6.07) is 13.1. The fraction of sp³-hybridized carbons (Fsp3) is 0.143. The molecular formula is C21H21N5O2. The van der Waals surface area contributed by atoms with E-state index in [2.05, 4.69) is 25.9 Å². The third-order valence-electron chi connectivity index (χ3n) is 3.99. The van der Waals surface area contributed by atoms with Gasteiger partial charge in [-0.05, 0) is 49.2 Å². The first-order chi connectivity index (χ1) is 13.4. The topological polar surface area (TPSA) is 96.0 Å². The summed E-state index contributed by atoms with van der Waals surface area (Å²) in [5, 5.41) is 8.64. The standard InChI is InChI=1S/C21H21N5O2/c1-13-7-8-14(2)19(9-13)26-20(28)16-11-22-21(23-12-16)25-18-6-4-5-17(10-18)24-15(3)27/h4-12H,1-3H3,(H,24,27)(H,26,28)(H,22,23,25). The highest BCUT2D eigenvalue weighted by Gasteiger charge is 2.10. The van der Waals surface area contributed by atoms with Crippen molar-refractivity contribution >= 4 is 34.8 Å². The second-order valence-electron chi connectivity index (χ2n) is 6.45. The molecule has 0 spiro atoms. The molecule has 0 aliphatic rings. The van der Waals surface area contributed by atoms with Crippen molar-refractivity contribution in [3.8, 4) is 0 Å². The van der Waals surface area contributed by atoms with Crippen LogP contribution >= 0.6 is 0 Å². The summed E-state index contributed by atoms with van der Waals surface area (Å²) >= 11 is 0. The molecule has 1 aromatic heterocycles. The van der Waals surface area contributed by atoms with Crippen molar-refractivity contribution in [1.29, 1.82) is 0 Å². The van der Waals surface area contributed by atoms with Crippen LogP contribution in [0.5, 0.6) is 0 Å². The molecule has 1 heterocycles. The smallest absolute Gasteiger partial charge is 0.258 e. The number of carbonyl (C=O) groups is 2. The van der Waals surface area contributed by atoms with Crippen LogP contribution in [-0.4, -0.2) is 21.8 Å². The van der Waals surface area contributed by atoms with Crippen LogP contribution in [0.15, 0.2) is 54.9 Å². The van der Waals surface area contributed by atoms with E-state index < -0.39 is 0 Å². The predicted molar refractivity (Wildman–Crippen MR) is 110 cm³/mol. The molecule has 0 bridgehead atoms. The van der Waals surface area contributed by atoms with Crippen LogP contribution in [-0.2, 0) is 4.79 Å². The number of rotatable bonds is 5. The number of carbonyl (C=O) groups excluding carboxylic acids is 2. The average Bonchev–Trinajstić information content (AvgIpc) is 2.65. The summed E-state index contributed by atoms with van der Waals surface area (Å²) in [5.74, 6) is -0.0659. The molecule has 7 nitrogen and oxygen atoms in total. The molecule has 0 atom stereocenters. The molecule has 0 aliphatic heterocycles. The quantitative estimate of drug-likeness (QED) is 0.625. The predicted octanol–water partition coefficient (Wildman–Crippen LogP) is 4.05. The molecular weight excluding hydrogens is 354 g/mol. The van der Waals surface area contributed by atoms with Crippen LogP contribution in [0.2, 0.25) is 0 Å². The van der Waals surface area contributed by atoms with Gasteiger partial charge in [0, 0.05) is 36.4 Å². The molecule has 2 amide bonds. The van der Waals surface area contributed by atoms with Crippen LogP contribution in [0.25, 0.3) is 0 Å². The lowest BCUT2D eigenvalue weighted by Crippen LogP contribution is -2.14. The SMILES string of the molecule is CC(=O)Nc1cccc(Nc2ncc(C(=O)Nc3cc(C)ccc3C)cn2)c1. The Morgan fingerprint density at radius 1 is 0.893 bits per heavy atom. The second-order valence-corrected chi connectivity index (χ2v) is 6.45. The molecule has 28 heavy (non-hydrogen) atoms. The molecule has 7 heteroatoms. The Bertz CT molecular complexity index is 1020. The van der Waals surface area contributed by atoms with E-state index in [0.29, 0.717) is 17.2 Å². The number of nitrogens with one attached hydrogen (secondary N) is 3. The number of hydrogen-bond acceptors (Lipinski definition) is 5. The zero-order valence-electron chi connectivity index (χ0n) is 15.9. The number of aryl methyl sites for hydroxylation is 2. The van der Waals surface area contributed by atoms with Crippen molar-refractivity contribution < 1.29 is 9.59 Å². The summed E-state index contributed by atoms with van der Waals surface area (Å²) in [7, 11) is 0. The number of benzene rings is 2. The Kier molecular flexibility index (Phi) is 5.64. The minimum atomic E-state index is -0.270. The van der Waals surface area contributed by atoms with Crippen molar-refractivity contribution in [2.75, 3.05) is 16.0 Å². The highest BCUT2D eigenvalue weighted by molar-refractivity contribution is 6.04.